The Morgan fingerprint density at radius 2 is 2.17 bits per heavy atom. The number of halogens is 1. The van der Waals surface area contributed by atoms with Crippen LogP contribution in [-0.4, -0.2) is 16.9 Å². The SMILES string of the molecule is Cc1cc(NC(=O)CSC2CCCC2)ccc1Br. The Morgan fingerprint density at radius 3 is 2.83 bits per heavy atom. The Balaban J connectivity index is 1.80. The number of hydrogen-bond acceptors (Lipinski definition) is 2. The van der Waals surface area contributed by atoms with E-state index < -0.39 is 0 Å². The Bertz CT molecular complexity index is 430. The minimum atomic E-state index is 0.105. The zero-order valence-corrected chi connectivity index (χ0v) is 12.9. The molecule has 4 heteroatoms. The molecule has 1 fully saturated rings. The summed E-state index contributed by atoms with van der Waals surface area (Å²) in [6, 6.07) is 5.88. The van der Waals surface area contributed by atoms with E-state index in [0.717, 1.165) is 15.7 Å². The summed E-state index contributed by atoms with van der Waals surface area (Å²) in [4.78, 5) is 11.8. The van der Waals surface area contributed by atoms with Crippen molar-refractivity contribution in [3.05, 3.63) is 28.2 Å². The van der Waals surface area contributed by atoms with Crippen molar-refractivity contribution in [3.8, 4) is 0 Å². The molecule has 0 aliphatic heterocycles. The summed E-state index contributed by atoms with van der Waals surface area (Å²) in [6.07, 6.45) is 5.20. The number of benzene rings is 1. The van der Waals surface area contributed by atoms with Crippen LogP contribution in [0.5, 0.6) is 0 Å². The van der Waals surface area contributed by atoms with Gasteiger partial charge in [0.2, 0.25) is 5.91 Å². The summed E-state index contributed by atoms with van der Waals surface area (Å²) in [7, 11) is 0. The molecule has 1 aliphatic carbocycles. The highest BCUT2D eigenvalue weighted by atomic mass is 79.9. The average molecular weight is 328 g/mol. The van der Waals surface area contributed by atoms with Crippen molar-refractivity contribution >= 4 is 39.3 Å². The van der Waals surface area contributed by atoms with Gasteiger partial charge in [-0.2, -0.15) is 0 Å². The smallest absolute Gasteiger partial charge is 0.234 e. The van der Waals surface area contributed by atoms with E-state index in [-0.39, 0.29) is 5.91 Å². The fraction of sp³-hybridized carbons (Fsp3) is 0.500. The van der Waals surface area contributed by atoms with Gasteiger partial charge in [-0.3, -0.25) is 4.79 Å². The molecule has 2 nitrogen and oxygen atoms in total. The molecule has 0 saturated heterocycles. The molecule has 1 aromatic rings. The maximum atomic E-state index is 11.8. The number of aryl methyl sites for hydroxylation is 1. The standard InChI is InChI=1S/C14H18BrNOS/c1-10-8-11(6-7-13(10)15)16-14(17)9-18-12-4-2-3-5-12/h6-8,12H,2-5,9H2,1H3,(H,16,17). The van der Waals surface area contributed by atoms with Crippen molar-refractivity contribution in [1.82, 2.24) is 0 Å². The second-order valence-electron chi connectivity index (χ2n) is 4.73. The lowest BCUT2D eigenvalue weighted by molar-refractivity contribution is -0.113. The van der Waals surface area contributed by atoms with E-state index in [0.29, 0.717) is 11.0 Å². The van der Waals surface area contributed by atoms with Crippen LogP contribution in [0.15, 0.2) is 22.7 Å². The number of thioether (sulfide) groups is 1. The summed E-state index contributed by atoms with van der Waals surface area (Å²) in [5.41, 5.74) is 2.02. The van der Waals surface area contributed by atoms with Crippen LogP contribution in [0.4, 0.5) is 5.69 Å². The second kappa shape index (κ2) is 6.62. The predicted molar refractivity (Wildman–Crippen MR) is 82.2 cm³/mol. The Kier molecular flexibility index (Phi) is 5.13. The van der Waals surface area contributed by atoms with E-state index >= 15 is 0 Å². The summed E-state index contributed by atoms with van der Waals surface area (Å²) >= 11 is 5.25. The van der Waals surface area contributed by atoms with Gasteiger partial charge in [-0.05, 0) is 43.5 Å². The highest BCUT2D eigenvalue weighted by molar-refractivity contribution is 9.10. The Morgan fingerprint density at radius 1 is 1.44 bits per heavy atom. The highest BCUT2D eigenvalue weighted by Crippen LogP contribution is 2.29. The number of rotatable bonds is 4. The van der Waals surface area contributed by atoms with Crippen molar-refractivity contribution in [3.63, 3.8) is 0 Å². The van der Waals surface area contributed by atoms with Crippen molar-refractivity contribution in [1.29, 1.82) is 0 Å². The third kappa shape index (κ3) is 4.02. The normalized spacial score (nSPS) is 15.9. The van der Waals surface area contributed by atoms with E-state index in [1.54, 1.807) is 11.8 Å². The molecule has 1 amide bonds. The quantitative estimate of drug-likeness (QED) is 0.889. The first kappa shape index (κ1) is 13.9. The zero-order chi connectivity index (χ0) is 13.0. The second-order valence-corrected chi connectivity index (χ2v) is 6.87. The van der Waals surface area contributed by atoms with Gasteiger partial charge in [0.05, 0.1) is 5.75 Å². The average Bonchev–Trinajstić information content (AvgIpc) is 2.84. The van der Waals surface area contributed by atoms with Gasteiger partial charge in [0.1, 0.15) is 0 Å². The predicted octanol–water partition coefficient (Wildman–Crippen LogP) is 4.37. The van der Waals surface area contributed by atoms with Crippen LogP contribution in [0.25, 0.3) is 0 Å². The maximum absolute atomic E-state index is 11.8. The van der Waals surface area contributed by atoms with Gasteiger partial charge in [0, 0.05) is 15.4 Å². The van der Waals surface area contributed by atoms with E-state index in [1.807, 2.05) is 25.1 Å². The monoisotopic (exact) mass is 327 g/mol. The molecule has 18 heavy (non-hydrogen) atoms. The summed E-state index contributed by atoms with van der Waals surface area (Å²) < 4.78 is 1.07. The van der Waals surface area contributed by atoms with Crippen molar-refractivity contribution in [2.75, 3.05) is 11.1 Å². The van der Waals surface area contributed by atoms with E-state index in [1.165, 1.54) is 25.7 Å². The molecule has 1 N–H and O–H groups in total. The highest BCUT2D eigenvalue weighted by Gasteiger charge is 2.16. The molecule has 0 spiro atoms. The largest absolute Gasteiger partial charge is 0.325 e. The van der Waals surface area contributed by atoms with Crippen LogP contribution in [0.1, 0.15) is 31.2 Å². The first-order valence-corrected chi connectivity index (χ1v) is 8.17. The molecule has 0 aromatic heterocycles. The lowest BCUT2D eigenvalue weighted by atomic mass is 10.2. The number of amides is 1. The maximum Gasteiger partial charge on any atom is 0.234 e. The van der Waals surface area contributed by atoms with Crippen LogP contribution < -0.4 is 5.32 Å². The van der Waals surface area contributed by atoms with E-state index in [2.05, 4.69) is 21.2 Å². The Hall–Kier alpha value is -0.480. The van der Waals surface area contributed by atoms with Crippen molar-refractivity contribution in [2.45, 2.75) is 37.9 Å². The number of hydrogen-bond donors (Lipinski definition) is 1. The zero-order valence-electron chi connectivity index (χ0n) is 10.5. The summed E-state index contributed by atoms with van der Waals surface area (Å²) in [5.74, 6) is 0.674. The third-order valence-corrected chi connectivity index (χ3v) is 5.46. The summed E-state index contributed by atoms with van der Waals surface area (Å²) in [5, 5.41) is 3.65. The molecule has 0 heterocycles. The van der Waals surface area contributed by atoms with Crippen molar-refractivity contribution < 1.29 is 4.79 Å². The van der Waals surface area contributed by atoms with Crippen LogP contribution in [0, 0.1) is 6.92 Å². The Labute approximate surface area is 121 Å². The van der Waals surface area contributed by atoms with Gasteiger partial charge in [-0.25, -0.2) is 0 Å². The molecule has 2 rings (SSSR count). The molecular weight excluding hydrogens is 310 g/mol. The number of carbonyl (C=O) groups excluding carboxylic acids is 1. The molecule has 0 bridgehead atoms. The van der Waals surface area contributed by atoms with Gasteiger partial charge in [0.15, 0.2) is 0 Å². The van der Waals surface area contributed by atoms with Gasteiger partial charge in [0.25, 0.3) is 0 Å². The molecule has 98 valence electrons. The van der Waals surface area contributed by atoms with Crippen LogP contribution in [-0.2, 0) is 4.79 Å². The number of nitrogens with one attached hydrogen (secondary N) is 1. The van der Waals surface area contributed by atoms with E-state index in [9.17, 15) is 4.79 Å². The number of anilines is 1. The molecule has 0 atom stereocenters. The van der Waals surface area contributed by atoms with Gasteiger partial charge >= 0.3 is 0 Å². The molecule has 0 radical (unpaired) electrons. The third-order valence-electron chi connectivity index (χ3n) is 3.19. The molecular formula is C14H18BrNOS. The minimum absolute atomic E-state index is 0.105. The van der Waals surface area contributed by atoms with Crippen LogP contribution in [0.3, 0.4) is 0 Å². The fourth-order valence-electron chi connectivity index (χ4n) is 2.17. The topological polar surface area (TPSA) is 29.1 Å². The van der Waals surface area contributed by atoms with Gasteiger partial charge in [-0.1, -0.05) is 28.8 Å². The number of carbonyl (C=O) groups is 1. The van der Waals surface area contributed by atoms with Gasteiger partial charge < -0.3 is 5.32 Å². The van der Waals surface area contributed by atoms with Crippen LogP contribution in [0.2, 0.25) is 0 Å². The first-order chi connectivity index (χ1) is 8.65. The van der Waals surface area contributed by atoms with Gasteiger partial charge in [-0.15, -0.1) is 11.8 Å². The molecule has 1 aromatic carbocycles. The van der Waals surface area contributed by atoms with Crippen LogP contribution >= 0.6 is 27.7 Å². The first-order valence-electron chi connectivity index (χ1n) is 6.33. The minimum Gasteiger partial charge on any atom is -0.325 e. The van der Waals surface area contributed by atoms with E-state index in [4.69, 9.17) is 0 Å². The fourth-order valence-corrected chi connectivity index (χ4v) is 3.54. The lowest BCUT2D eigenvalue weighted by Gasteiger charge is -2.10. The lowest BCUT2D eigenvalue weighted by Crippen LogP contribution is -2.15. The molecule has 1 saturated carbocycles. The summed E-state index contributed by atoms with van der Waals surface area (Å²) in [6.45, 7) is 2.02. The molecule has 0 unspecified atom stereocenters. The van der Waals surface area contributed by atoms with Crippen molar-refractivity contribution in [2.24, 2.45) is 0 Å². The molecule has 1 aliphatic rings.